The number of rotatable bonds is 4. The lowest BCUT2D eigenvalue weighted by atomic mass is 10.4. The lowest BCUT2D eigenvalue weighted by Gasteiger charge is -1.97. The Bertz CT molecular complexity index is 290. The van der Waals surface area contributed by atoms with E-state index in [1.165, 1.54) is 0 Å². The maximum absolute atomic E-state index is 10.6. The molecule has 0 aromatic carbocycles. The van der Waals surface area contributed by atoms with Gasteiger partial charge >= 0.3 is 24.4 Å². The molecule has 0 radical (unpaired) electrons. The van der Waals surface area contributed by atoms with Crippen LogP contribution in [0.2, 0.25) is 0 Å². The fourth-order valence-electron chi connectivity index (χ4n) is 0.425. The molecule has 0 atom stereocenters. The van der Waals surface area contributed by atoms with Gasteiger partial charge in [-0.1, -0.05) is 0 Å². The molecule has 76 valence electrons. The van der Waals surface area contributed by atoms with E-state index >= 15 is 0 Å². The second-order valence-electron chi connectivity index (χ2n) is 2.08. The molecule has 0 aliphatic rings. The molecule has 14 heavy (non-hydrogen) atoms. The molecule has 0 aromatic heterocycles. The van der Waals surface area contributed by atoms with Crippen molar-refractivity contribution in [2.24, 2.45) is 0 Å². The van der Waals surface area contributed by atoms with Crippen LogP contribution < -0.4 is 0 Å². The molecule has 0 rings (SSSR count). The molecule has 0 N–H and O–H groups in total. The summed E-state index contributed by atoms with van der Waals surface area (Å²) in [5.41, 5.74) is 0. The Hall–Kier alpha value is -2.05. The van der Waals surface area contributed by atoms with E-state index in [-0.39, 0.29) is 6.47 Å². The molecule has 0 spiro atoms. The minimum Gasteiger partial charge on any atom is -0.395 e. The molecule has 0 unspecified atom stereocenters. The van der Waals surface area contributed by atoms with Gasteiger partial charge in [0.05, 0.1) is 0 Å². The van der Waals surface area contributed by atoms with Gasteiger partial charge in [0.2, 0.25) is 5.78 Å². The van der Waals surface area contributed by atoms with Crippen molar-refractivity contribution in [2.75, 3.05) is 0 Å². The van der Waals surface area contributed by atoms with Crippen LogP contribution in [0.3, 0.4) is 0 Å². The number of esters is 3. The Morgan fingerprint density at radius 1 is 1.14 bits per heavy atom. The average Bonchev–Trinajstić information content (AvgIpc) is 2.03. The molecule has 0 aliphatic heterocycles. The smallest absolute Gasteiger partial charge is 0.381 e. The summed E-state index contributed by atoms with van der Waals surface area (Å²) >= 11 is 0. The van der Waals surface area contributed by atoms with Crippen LogP contribution in [0.15, 0.2) is 0 Å². The number of ether oxygens (including phenoxy) is 2. The quantitative estimate of drug-likeness (QED) is 0.242. The molecule has 0 saturated heterocycles. The average molecular weight is 202 g/mol. The number of hydrogen-bond donors (Lipinski definition) is 0. The third kappa shape index (κ3) is 4.75. The van der Waals surface area contributed by atoms with Gasteiger partial charge in [-0.2, -0.15) is 0 Å². The van der Waals surface area contributed by atoms with E-state index in [0.717, 1.165) is 6.92 Å². The number of ketones is 1. The topological polar surface area (TPSA) is 104 Å². The molecule has 0 fully saturated rings. The molecule has 0 aliphatic carbocycles. The predicted octanol–water partition coefficient (Wildman–Crippen LogP) is -1.27. The van der Waals surface area contributed by atoms with Crippen LogP contribution in [0.4, 0.5) is 0 Å². The van der Waals surface area contributed by atoms with Crippen LogP contribution in [0.1, 0.15) is 13.3 Å². The lowest BCUT2D eigenvalue weighted by molar-refractivity contribution is -0.166. The van der Waals surface area contributed by atoms with E-state index in [9.17, 15) is 24.0 Å². The van der Waals surface area contributed by atoms with Gasteiger partial charge in [-0.15, -0.1) is 0 Å². The number of Topliss-reactive ketones (excluding diaryl/α,β-unsaturated/α-hetero) is 1. The van der Waals surface area contributed by atoms with Crippen molar-refractivity contribution in [1.29, 1.82) is 0 Å². The van der Waals surface area contributed by atoms with E-state index in [1.807, 2.05) is 0 Å². The fraction of sp³-hybridized carbons (Fsp3) is 0.286. The van der Waals surface area contributed by atoms with Crippen molar-refractivity contribution in [3.63, 3.8) is 0 Å². The largest absolute Gasteiger partial charge is 0.395 e. The van der Waals surface area contributed by atoms with Crippen molar-refractivity contribution >= 4 is 30.2 Å². The summed E-state index contributed by atoms with van der Waals surface area (Å²) in [6.07, 6.45) is -0.905. The van der Waals surface area contributed by atoms with Crippen LogP contribution >= 0.6 is 0 Å². The first-order valence-electron chi connectivity index (χ1n) is 3.36. The van der Waals surface area contributed by atoms with E-state index in [1.54, 1.807) is 0 Å². The van der Waals surface area contributed by atoms with Gasteiger partial charge in [0, 0.05) is 6.92 Å². The highest BCUT2D eigenvalue weighted by Crippen LogP contribution is 1.91. The molecule has 0 aromatic rings. The van der Waals surface area contributed by atoms with Gasteiger partial charge in [0.15, 0.2) is 0 Å². The van der Waals surface area contributed by atoms with Crippen LogP contribution in [0.25, 0.3) is 0 Å². The zero-order valence-electron chi connectivity index (χ0n) is 7.14. The summed E-state index contributed by atoms with van der Waals surface area (Å²) in [6, 6.07) is 0. The first kappa shape index (κ1) is 11.9. The highest BCUT2D eigenvalue weighted by Gasteiger charge is 2.18. The monoisotopic (exact) mass is 202 g/mol. The van der Waals surface area contributed by atoms with Gasteiger partial charge in [-0.3, -0.25) is 19.2 Å². The SMILES string of the molecule is CC(=O)C(=O)OC(=O)CC(=O)OC=O. The summed E-state index contributed by atoms with van der Waals surface area (Å²) < 4.78 is 7.62. The maximum atomic E-state index is 10.6. The number of carbonyl (C=O) groups is 5. The molecule has 7 nitrogen and oxygen atoms in total. The van der Waals surface area contributed by atoms with E-state index in [2.05, 4.69) is 9.47 Å². The van der Waals surface area contributed by atoms with Gasteiger partial charge in [-0.05, 0) is 0 Å². The minimum atomic E-state index is -1.37. The summed E-state index contributed by atoms with van der Waals surface area (Å²) in [4.78, 5) is 51.5. The molecular weight excluding hydrogens is 196 g/mol. The Morgan fingerprint density at radius 2 is 1.71 bits per heavy atom. The first-order chi connectivity index (χ1) is 6.47. The van der Waals surface area contributed by atoms with Crippen molar-refractivity contribution in [3.05, 3.63) is 0 Å². The van der Waals surface area contributed by atoms with Crippen LogP contribution in [0, 0.1) is 0 Å². The van der Waals surface area contributed by atoms with Crippen molar-refractivity contribution < 1.29 is 33.4 Å². The first-order valence-corrected chi connectivity index (χ1v) is 3.36. The molecule has 0 amide bonds. The van der Waals surface area contributed by atoms with Crippen LogP contribution in [0.5, 0.6) is 0 Å². The highest BCUT2D eigenvalue weighted by molar-refractivity contribution is 6.34. The van der Waals surface area contributed by atoms with Gasteiger partial charge in [0.1, 0.15) is 6.42 Å². The molecule has 0 bridgehead atoms. The maximum Gasteiger partial charge on any atom is 0.381 e. The lowest BCUT2D eigenvalue weighted by Crippen LogP contribution is -2.21. The summed E-state index contributed by atoms with van der Waals surface area (Å²) in [5, 5.41) is 0. The molecule has 0 heterocycles. The van der Waals surface area contributed by atoms with Crippen molar-refractivity contribution in [3.8, 4) is 0 Å². The van der Waals surface area contributed by atoms with Gasteiger partial charge < -0.3 is 9.47 Å². The van der Waals surface area contributed by atoms with Gasteiger partial charge in [-0.25, -0.2) is 4.79 Å². The minimum absolute atomic E-state index is 0.164. The van der Waals surface area contributed by atoms with E-state index < -0.39 is 30.1 Å². The van der Waals surface area contributed by atoms with Crippen molar-refractivity contribution in [1.82, 2.24) is 0 Å². The summed E-state index contributed by atoms with van der Waals surface area (Å²) in [6.45, 7) is 0.738. The second-order valence-corrected chi connectivity index (χ2v) is 2.08. The number of carbonyl (C=O) groups excluding carboxylic acids is 5. The fourth-order valence-corrected chi connectivity index (χ4v) is 0.425. The molecule has 7 heteroatoms. The summed E-state index contributed by atoms with van der Waals surface area (Å²) in [5.74, 6) is -4.76. The standard InChI is InChI=1S/C7H6O7/c1-4(9)7(12)14-6(11)2-5(10)13-3-8/h3H,2H2,1H3. The Balaban J connectivity index is 3.99. The highest BCUT2D eigenvalue weighted by atomic mass is 16.6. The third-order valence-electron chi connectivity index (χ3n) is 0.962. The Kier molecular flexibility index (Phi) is 4.76. The zero-order valence-corrected chi connectivity index (χ0v) is 7.14. The number of hydrogen-bond acceptors (Lipinski definition) is 7. The van der Waals surface area contributed by atoms with Crippen LogP contribution in [-0.2, 0) is 33.4 Å². The van der Waals surface area contributed by atoms with Crippen molar-refractivity contribution in [2.45, 2.75) is 13.3 Å². The zero-order chi connectivity index (χ0) is 11.1. The normalized spacial score (nSPS) is 8.64. The third-order valence-corrected chi connectivity index (χ3v) is 0.962. The Labute approximate surface area is 78.0 Å². The predicted molar refractivity (Wildman–Crippen MR) is 38.6 cm³/mol. The summed E-state index contributed by atoms with van der Waals surface area (Å²) in [7, 11) is 0. The van der Waals surface area contributed by atoms with Crippen LogP contribution in [-0.4, -0.2) is 30.2 Å². The second kappa shape index (κ2) is 5.57. The van der Waals surface area contributed by atoms with Gasteiger partial charge in [0.25, 0.3) is 0 Å². The molecular formula is C7H6O7. The van der Waals surface area contributed by atoms with E-state index in [4.69, 9.17) is 0 Å². The van der Waals surface area contributed by atoms with E-state index in [0.29, 0.717) is 0 Å². The Morgan fingerprint density at radius 3 is 2.14 bits per heavy atom. The molecule has 0 saturated carbocycles.